The first kappa shape index (κ1) is 28.2. The van der Waals surface area contributed by atoms with E-state index >= 15 is 0 Å². The number of nitrogens with one attached hydrogen (secondary N) is 1. The first-order valence-electron chi connectivity index (χ1n) is 8.15. The van der Waals surface area contributed by atoms with Crippen LogP contribution in [0.3, 0.4) is 0 Å². The Balaban J connectivity index is -0.000000382. The molecule has 0 rings (SSSR count). The number of rotatable bonds is 13. The molecule has 0 unspecified atom stereocenters. The fraction of sp³-hybridized carbons (Fsp3) is 0.933. The Bertz CT molecular complexity index is 350. The summed E-state index contributed by atoms with van der Waals surface area (Å²) in [6, 6.07) is 0. The maximum atomic E-state index is 10.2. The summed E-state index contributed by atoms with van der Waals surface area (Å²) in [7, 11) is -2.13. The molecular weight excluding hydrogens is 329 g/mol. The van der Waals surface area contributed by atoms with Crippen LogP contribution in [0.1, 0.15) is 71.1 Å². The fourth-order valence-electron chi connectivity index (χ4n) is 1.82. The van der Waals surface area contributed by atoms with Crippen molar-refractivity contribution in [2.75, 3.05) is 19.3 Å². The van der Waals surface area contributed by atoms with Crippen LogP contribution in [0.5, 0.6) is 0 Å². The third-order valence-corrected chi connectivity index (χ3v) is 3.82. The number of carboxylic acid groups (broad SMARTS) is 1. The van der Waals surface area contributed by atoms with Crippen LogP contribution in [0.2, 0.25) is 0 Å². The zero-order valence-electron chi connectivity index (χ0n) is 14.0. The molecule has 0 amide bonds. The Labute approximate surface area is 163 Å². The van der Waals surface area contributed by atoms with Gasteiger partial charge in [-0.05, 0) is 13.5 Å². The van der Waals surface area contributed by atoms with E-state index in [2.05, 4.69) is 12.2 Å². The van der Waals surface area contributed by atoms with Crippen LogP contribution in [-0.2, 0) is 14.9 Å². The molecule has 0 aromatic rings. The van der Waals surface area contributed by atoms with E-state index in [0.29, 0.717) is 13.0 Å². The van der Waals surface area contributed by atoms with Gasteiger partial charge in [0.15, 0.2) is 0 Å². The second kappa shape index (κ2) is 20.4. The number of unbranched alkanes of at least 4 members (excludes halogenated alkanes) is 8. The van der Waals surface area contributed by atoms with Crippen LogP contribution in [0, 0.1) is 0 Å². The van der Waals surface area contributed by atoms with Gasteiger partial charge in [-0.2, -0.15) is 8.42 Å². The third-order valence-electron chi connectivity index (χ3n) is 3.10. The van der Waals surface area contributed by atoms with E-state index in [1.54, 1.807) is 7.05 Å². The Morgan fingerprint density at radius 2 is 1.39 bits per heavy atom. The summed E-state index contributed by atoms with van der Waals surface area (Å²) < 4.78 is 27.9. The van der Waals surface area contributed by atoms with Gasteiger partial charge < -0.3 is 10.4 Å². The molecule has 0 bridgehead atoms. The van der Waals surface area contributed by atoms with E-state index < -0.39 is 16.1 Å². The van der Waals surface area contributed by atoms with Crippen LogP contribution in [0.25, 0.3) is 0 Å². The van der Waals surface area contributed by atoms with Gasteiger partial charge in [-0.25, -0.2) is 0 Å². The van der Waals surface area contributed by atoms with Crippen LogP contribution in [-0.4, -0.2) is 72.9 Å². The Morgan fingerprint density at radius 1 is 0.957 bits per heavy atom. The second-order valence-electron chi connectivity index (χ2n) is 5.36. The van der Waals surface area contributed by atoms with Gasteiger partial charge in [0.25, 0.3) is 10.1 Å². The molecule has 0 atom stereocenters. The number of carbonyl (C=O) groups is 1. The minimum atomic E-state index is -3.75. The van der Waals surface area contributed by atoms with Gasteiger partial charge >= 0.3 is 35.5 Å². The molecule has 23 heavy (non-hydrogen) atoms. The van der Waals surface area contributed by atoms with E-state index in [1.807, 2.05) is 0 Å². The fourth-order valence-corrected chi connectivity index (χ4v) is 2.28. The molecule has 0 saturated heterocycles. The summed E-state index contributed by atoms with van der Waals surface area (Å²) >= 11 is 0. The second-order valence-corrected chi connectivity index (χ2v) is 6.93. The van der Waals surface area contributed by atoms with Gasteiger partial charge in [-0.15, -0.1) is 0 Å². The maximum absolute atomic E-state index is 10.2. The van der Waals surface area contributed by atoms with Crippen molar-refractivity contribution in [1.29, 1.82) is 0 Å². The topological polar surface area (TPSA) is 104 Å². The normalized spacial score (nSPS) is 10.4. The van der Waals surface area contributed by atoms with Crippen molar-refractivity contribution in [2.45, 2.75) is 71.1 Å². The van der Waals surface area contributed by atoms with Crippen molar-refractivity contribution in [1.82, 2.24) is 5.32 Å². The standard InChI is InChI=1S/C12H24O2.C3H9NO3S.Na.H/c1-2-3-4-5-6-7-8-9-10-11-12(13)14;1-4-2-3-8(5,6)7;;/h2-11H2,1H3,(H,13,14);4H,2-3H2,1H3,(H,5,6,7);;. The molecule has 136 valence electrons. The first-order chi connectivity index (χ1) is 10.3. The van der Waals surface area contributed by atoms with Crippen molar-refractivity contribution in [3.8, 4) is 0 Å². The number of carboxylic acids is 1. The summed E-state index contributed by atoms with van der Waals surface area (Å²) in [5, 5.41) is 11.0. The van der Waals surface area contributed by atoms with Crippen molar-refractivity contribution in [3.05, 3.63) is 0 Å². The molecule has 0 radical (unpaired) electrons. The average Bonchev–Trinajstić information content (AvgIpc) is 2.43. The monoisotopic (exact) mass is 363 g/mol. The van der Waals surface area contributed by atoms with Crippen molar-refractivity contribution in [2.24, 2.45) is 0 Å². The van der Waals surface area contributed by atoms with Gasteiger partial charge in [-0.1, -0.05) is 58.3 Å². The number of hydrogen-bond donors (Lipinski definition) is 3. The van der Waals surface area contributed by atoms with E-state index in [-0.39, 0.29) is 35.3 Å². The van der Waals surface area contributed by atoms with E-state index in [4.69, 9.17) is 9.66 Å². The number of hydrogen-bond acceptors (Lipinski definition) is 4. The Morgan fingerprint density at radius 3 is 1.70 bits per heavy atom. The van der Waals surface area contributed by atoms with Crippen LogP contribution >= 0.6 is 0 Å². The van der Waals surface area contributed by atoms with Crippen molar-refractivity contribution < 1.29 is 22.9 Å². The van der Waals surface area contributed by atoms with Gasteiger partial charge in [0, 0.05) is 13.0 Å². The quantitative estimate of drug-likeness (QED) is 0.264. The van der Waals surface area contributed by atoms with Gasteiger partial charge in [0.1, 0.15) is 0 Å². The van der Waals surface area contributed by atoms with Gasteiger partial charge in [0.05, 0.1) is 5.75 Å². The predicted octanol–water partition coefficient (Wildman–Crippen LogP) is 2.44. The molecule has 0 aliphatic carbocycles. The Hall–Kier alpha value is 0.340. The molecule has 0 aromatic carbocycles. The van der Waals surface area contributed by atoms with Crippen molar-refractivity contribution in [3.63, 3.8) is 0 Å². The summed E-state index contributed by atoms with van der Waals surface area (Å²) in [6.07, 6.45) is 11.5. The van der Waals surface area contributed by atoms with Gasteiger partial charge in [0.2, 0.25) is 0 Å². The molecule has 6 nitrogen and oxygen atoms in total. The zero-order chi connectivity index (χ0) is 17.3. The molecule has 0 heterocycles. The molecule has 0 aliphatic rings. The first-order valence-corrected chi connectivity index (χ1v) is 9.76. The average molecular weight is 363 g/mol. The summed E-state index contributed by atoms with van der Waals surface area (Å²) in [6.45, 7) is 2.52. The van der Waals surface area contributed by atoms with Crippen LogP contribution in [0.4, 0.5) is 0 Å². The molecule has 0 aliphatic heterocycles. The molecule has 0 fully saturated rings. The molecule has 0 aromatic heterocycles. The van der Waals surface area contributed by atoms with Crippen LogP contribution in [0.15, 0.2) is 0 Å². The third kappa shape index (κ3) is 34.6. The molecule has 8 heteroatoms. The van der Waals surface area contributed by atoms with Gasteiger partial charge in [-0.3, -0.25) is 9.35 Å². The zero-order valence-corrected chi connectivity index (χ0v) is 14.8. The van der Waals surface area contributed by atoms with E-state index in [9.17, 15) is 13.2 Å². The van der Waals surface area contributed by atoms with Crippen LogP contribution < -0.4 is 5.32 Å². The molecule has 0 spiro atoms. The molecular formula is C15H34NNaO5S. The number of aliphatic carboxylic acids is 1. The van der Waals surface area contributed by atoms with E-state index in [1.165, 1.54) is 44.9 Å². The SMILES string of the molecule is CCCCCCCCCCCC(=O)O.CNCCS(=O)(=O)O.[NaH]. The predicted molar refractivity (Wildman–Crippen MR) is 97.0 cm³/mol. The summed E-state index contributed by atoms with van der Waals surface area (Å²) in [5.74, 6) is -0.878. The summed E-state index contributed by atoms with van der Waals surface area (Å²) in [5.41, 5.74) is 0. The molecule has 0 saturated carbocycles. The Kier molecular flexibility index (Phi) is 25.0. The van der Waals surface area contributed by atoms with Crippen molar-refractivity contribution >= 4 is 45.6 Å². The summed E-state index contributed by atoms with van der Waals surface area (Å²) in [4.78, 5) is 10.2. The molecule has 3 N–H and O–H groups in total. The minimum absolute atomic E-state index is 0. The van der Waals surface area contributed by atoms with E-state index in [0.717, 1.165) is 12.8 Å².